The first kappa shape index (κ1) is 21.5. The van der Waals surface area contributed by atoms with Crippen LogP contribution in [-0.2, 0) is 9.53 Å². The molecule has 0 saturated carbocycles. The van der Waals surface area contributed by atoms with Crippen LogP contribution >= 0.6 is 0 Å². The molecule has 160 valence electrons. The molecule has 7 nitrogen and oxygen atoms in total. The number of hydrogen-bond acceptors (Lipinski definition) is 5. The summed E-state index contributed by atoms with van der Waals surface area (Å²) in [5.41, 5.74) is -0.625. The summed E-state index contributed by atoms with van der Waals surface area (Å²) < 4.78 is 5.50. The van der Waals surface area contributed by atoms with Gasteiger partial charge >= 0.3 is 6.03 Å². The average Bonchev–Trinajstić information content (AvgIpc) is 2.86. The molecule has 3 aliphatic heterocycles. The van der Waals surface area contributed by atoms with Crippen molar-refractivity contribution in [2.45, 2.75) is 57.5 Å². The van der Waals surface area contributed by atoms with Crippen molar-refractivity contribution in [2.24, 2.45) is 5.92 Å². The molecule has 28 heavy (non-hydrogen) atoms. The zero-order valence-corrected chi connectivity index (χ0v) is 18.2. The Morgan fingerprint density at radius 2 is 1.75 bits per heavy atom. The monoisotopic (exact) mass is 394 g/mol. The van der Waals surface area contributed by atoms with Gasteiger partial charge in [-0.3, -0.25) is 9.69 Å². The second-order valence-electron chi connectivity index (χ2n) is 9.29. The van der Waals surface area contributed by atoms with Gasteiger partial charge in [0.1, 0.15) is 5.54 Å². The third-order valence-corrected chi connectivity index (χ3v) is 6.66. The van der Waals surface area contributed by atoms with Gasteiger partial charge in [-0.2, -0.15) is 0 Å². The van der Waals surface area contributed by atoms with Crippen LogP contribution in [0.25, 0.3) is 0 Å². The quantitative estimate of drug-likeness (QED) is 0.617. The number of carbonyl (C=O) groups is 2. The molecule has 0 aromatic heterocycles. The Morgan fingerprint density at radius 1 is 1.11 bits per heavy atom. The summed E-state index contributed by atoms with van der Waals surface area (Å²) in [6.07, 6.45) is 4.60. The van der Waals surface area contributed by atoms with Gasteiger partial charge in [-0.25, -0.2) is 4.79 Å². The Kier molecular flexibility index (Phi) is 6.99. The van der Waals surface area contributed by atoms with E-state index in [4.69, 9.17) is 4.74 Å². The van der Waals surface area contributed by atoms with Crippen LogP contribution in [0.4, 0.5) is 4.79 Å². The van der Waals surface area contributed by atoms with Crippen molar-refractivity contribution in [1.82, 2.24) is 19.6 Å². The number of likely N-dealkylation sites (tertiary alicyclic amines) is 1. The first-order valence-corrected chi connectivity index (χ1v) is 11.0. The standard InChI is InChI=1S/C21H38N4O3/c1-17(2)5-10-25-20(27)24(14-13-22(3)4)19(26)21(25)8-11-23(12-9-21)18-6-15-28-16-7-18/h17-18H,5-16H2,1-4H3. The summed E-state index contributed by atoms with van der Waals surface area (Å²) in [6, 6.07) is 0.485. The first-order valence-electron chi connectivity index (χ1n) is 11.0. The normalized spacial score (nSPS) is 24.4. The van der Waals surface area contributed by atoms with Crippen molar-refractivity contribution in [3.63, 3.8) is 0 Å². The van der Waals surface area contributed by atoms with Crippen molar-refractivity contribution in [2.75, 3.05) is 60.0 Å². The molecular weight excluding hydrogens is 356 g/mol. The largest absolute Gasteiger partial charge is 0.381 e. The fourth-order valence-corrected chi connectivity index (χ4v) is 4.77. The number of hydrogen-bond donors (Lipinski definition) is 0. The van der Waals surface area contributed by atoms with Gasteiger partial charge in [0.25, 0.3) is 5.91 Å². The number of rotatable bonds is 7. The summed E-state index contributed by atoms with van der Waals surface area (Å²) in [6.45, 7) is 9.67. The van der Waals surface area contributed by atoms with Crippen LogP contribution < -0.4 is 0 Å². The fraction of sp³-hybridized carbons (Fsp3) is 0.905. The van der Waals surface area contributed by atoms with Crippen LogP contribution in [0.3, 0.4) is 0 Å². The maximum Gasteiger partial charge on any atom is 0.327 e. The lowest BCUT2D eigenvalue weighted by atomic mass is 9.84. The van der Waals surface area contributed by atoms with Crippen molar-refractivity contribution >= 4 is 11.9 Å². The zero-order chi connectivity index (χ0) is 20.3. The molecule has 0 radical (unpaired) electrons. The number of amides is 3. The van der Waals surface area contributed by atoms with Crippen molar-refractivity contribution < 1.29 is 14.3 Å². The number of nitrogens with zero attached hydrogens (tertiary/aromatic N) is 4. The number of ether oxygens (including phenoxy) is 1. The third kappa shape index (κ3) is 4.36. The second kappa shape index (κ2) is 9.09. The number of imide groups is 1. The summed E-state index contributed by atoms with van der Waals surface area (Å²) >= 11 is 0. The number of piperidine rings is 1. The summed E-state index contributed by atoms with van der Waals surface area (Å²) in [5, 5.41) is 0. The van der Waals surface area contributed by atoms with E-state index < -0.39 is 5.54 Å². The lowest BCUT2D eigenvalue weighted by Crippen LogP contribution is -2.58. The van der Waals surface area contributed by atoms with Crippen LogP contribution in [0.5, 0.6) is 0 Å². The van der Waals surface area contributed by atoms with Gasteiger partial charge in [0.15, 0.2) is 0 Å². The minimum absolute atomic E-state index is 0.0368. The molecule has 0 unspecified atom stereocenters. The van der Waals surface area contributed by atoms with Crippen LogP contribution in [0.2, 0.25) is 0 Å². The Hall–Kier alpha value is -1.18. The summed E-state index contributed by atoms with van der Waals surface area (Å²) in [5.74, 6) is 0.549. The Labute approximate surface area is 169 Å². The Balaban J connectivity index is 1.73. The van der Waals surface area contributed by atoms with E-state index in [9.17, 15) is 9.59 Å². The van der Waals surface area contributed by atoms with E-state index in [-0.39, 0.29) is 11.9 Å². The van der Waals surface area contributed by atoms with Gasteiger partial charge in [0.2, 0.25) is 0 Å². The SMILES string of the molecule is CC(C)CCN1C(=O)N(CCN(C)C)C(=O)C12CCN(C1CCOCC1)CC2. The molecule has 1 spiro atoms. The van der Waals surface area contributed by atoms with Crippen LogP contribution in [0, 0.1) is 5.92 Å². The molecule has 0 N–H and O–H groups in total. The fourth-order valence-electron chi connectivity index (χ4n) is 4.77. The lowest BCUT2D eigenvalue weighted by molar-refractivity contribution is -0.136. The summed E-state index contributed by atoms with van der Waals surface area (Å²) in [4.78, 5) is 34.6. The summed E-state index contributed by atoms with van der Waals surface area (Å²) in [7, 11) is 3.95. The van der Waals surface area contributed by atoms with Gasteiger partial charge in [0.05, 0.1) is 0 Å². The maximum absolute atomic E-state index is 13.4. The maximum atomic E-state index is 13.4. The molecule has 3 rings (SSSR count). The minimum Gasteiger partial charge on any atom is -0.381 e. The molecule has 3 aliphatic rings. The lowest BCUT2D eigenvalue weighted by Gasteiger charge is -2.45. The molecule has 7 heteroatoms. The Morgan fingerprint density at radius 3 is 2.32 bits per heavy atom. The first-order chi connectivity index (χ1) is 13.3. The molecule has 0 aliphatic carbocycles. The van der Waals surface area contributed by atoms with Gasteiger partial charge in [-0.1, -0.05) is 13.8 Å². The molecule has 3 heterocycles. The van der Waals surface area contributed by atoms with E-state index >= 15 is 0 Å². The predicted octanol–water partition coefficient (Wildman–Crippen LogP) is 1.87. The number of carbonyl (C=O) groups excluding carboxylic acids is 2. The smallest absolute Gasteiger partial charge is 0.327 e. The van der Waals surface area contributed by atoms with Crippen molar-refractivity contribution in [3.8, 4) is 0 Å². The van der Waals surface area contributed by atoms with E-state index in [2.05, 4.69) is 18.7 Å². The second-order valence-corrected chi connectivity index (χ2v) is 9.29. The highest BCUT2D eigenvalue weighted by atomic mass is 16.5. The van der Waals surface area contributed by atoms with E-state index in [1.54, 1.807) is 0 Å². The zero-order valence-electron chi connectivity index (χ0n) is 18.2. The van der Waals surface area contributed by atoms with E-state index in [0.29, 0.717) is 31.6 Å². The topological polar surface area (TPSA) is 56.3 Å². The minimum atomic E-state index is -0.625. The highest BCUT2D eigenvalue weighted by Gasteiger charge is 2.57. The van der Waals surface area contributed by atoms with Gasteiger partial charge in [0, 0.05) is 52.0 Å². The molecule has 0 atom stereocenters. The van der Waals surface area contributed by atoms with Gasteiger partial charge in [-0.05, 0) is 52.1 Å². The van der Waals surface area contributed by atoms with Crippen LogP contribution in [-0.4, -0.2) is 103 Å². The molecular formula is C21H38N4O3. The highest BCUT2D eigenvalue weighted by Crippen LogP contribution is 2.38. The van der Waals surface area contributed by atoms with Crippen molar-refractivity contribution in [1.29, 1.82) is 0 Å². The third-order valence-electron chi connectivity index (χ3n) is 6.66. The predicted molar refractivity (Wildman–Crippen MR) is 109 cm³/mol. The molecule has 3 amide bonds. The van der Waals surface area contributed by atoms with Crippen LogP contribution in [0.1, 0.15) is 46.0 Å². The average molecular weight is 395 g/mol. The molecule has 0 aromatic rings. The van der Waals surface area contributed by atoms with E-state index in [0.717, 1.165) is 58.4 Å². The molecule has 3 fully saturated rings. The molecule has 3 saturated heterocycles. The molecule has 0 bridgehead atoms. The van der Waals surface area contributed by atoms with Crippen molar-refractivity contribution in [3.05, 3.63) is 0 Å². The van der Waals surface area contributed by atoms with E-state index in [1.807, 2.05) is 23.9 Å². The van der Waals surface area contributed by atoms with Gasteiger partial charge in [-0.15, -0.1) is 0 Å². The number of urea groups is 1. The van der Waals surface area contributed by atoms with E-state index in [1.165, 1.54) is 4.90 Å². The molecule has 0 aromatic carbocycles. The number of likely N-dealkylation sites (N-methyl/N-ethyl adjacent to an activating group) is 1. The highest BCUT2D eigenvalue weighted by molar-refractivity contribution is 6.07. The van der Waals surface area contributed by atoms with Crippen LogP contribution in [0.15, 0.2) is 0 Å². The Bertz CT molecular complexity index is 552. The van der Waals surface area contributed by atoms with Gasteiger partial charge < -0.3 is 19.4 Å².